The predicted molar refractivity (Wildman–Crippen MR) is 47.8 cm³/mol. The summed E-state index contributed by atoms with van der Waals surface area (Å²) in [4.78, 5) is 22.6. The molecule has 0 radical (unpaired) electrons. The zero-order valence-corrected chi connectivity index (χ0v) is 7.45. The molecule has 0 saturated heterocycles. The zero-order valence-electron chi connectivity index (χ0n) is 7.45. The van der Waals surface area contributed by atoms with Gasteiger partial charge in [0, 0.05) is 31.6 Å². The SMILES string of the molecule is C#CCC1C(=O)C[C@H]2CC(=O)C[C@@H]12. The molecule has 0 aromatic rings. The third kappa shape index (κ3) is 1.29. The summed E-state index contributed by atoms with van der Waals surface area (Å²) in [6.07, 6.45) is 7.50. The average molecular weight is 176 g/mol. The molecule has 0 amide bonds. The minimum Gasteiger partial charge on any atom is -0.300 e. The number of carbonyl (C=O) groups excluding carboxylic acids is 2. The van der Waals surface area contributed by atoms with Crippen molar-refractivity contribution in [1.29, 1.82) is 0 Å². The fourth-order valence-corrected chi connectivity index (χ4v) is 2.69. The molecule has 2 rings (SSSR count). The monoisotopic (exact) mass is 176 g/mol. The summed E-state index contributed by atoms with van der Waals surface area (Å²) in [6.45, 7) is 0. The van der Waals surface area contributed by atoms with E-state index in [0.29, 0.717) is 37.4 Å². The van der Waals surface area contributed by atoms with Crippen molar-refractivity contribution in [2.75, 3.05) is 0 Å². The second-order valence-electron chi connectivity index (χ2n) is 4.06. The van der Waals surface area contributed by atoms with Crippen molar-refractivity contribution in [2.24, 2.45) is 17.8 Å². The van der Waals surface area contributed by atoms with E-state index in [1.165, 1.54) is 0 Å². The molecule has 2 aliphatic carbocycles. The lowest BCUT2D eigenvalue weighted by Gasteiger charge is -2.12. The van der Waals surface area contributed by atoms with Crippen LogP contribution in [0.15, 0.2) is 0 Å². The first kappa shape index (κ1) is 8.50. The molecule has 2 nitrogen and oxygen atoms in total. The maximum atomic E-state index is 11.5. The topological polar surface area (TPSA) is 34.1 Å². The maximum absolute atomic E-state index is 11.5. The molecule has 1 unspecified atom stereocenters. The Kier molecular flexibility index (Phi) is 1.95. The first-order valence-electron chi connectivity index (χ1n) is 4.70. The number of terminal acetylenes is 1. The van der Waals surface area contributed by atoms with E-state index in [2.05, 4.69) is 5.92 Å². The number of hydrogen-bond donors (Lipinski definition) is 0. The van der Waals surface area contributed by atoms with Gasteiger partial charge < -0.3 is 0 Å². The van der Waals surface area contributed by atoms with Gasteiger partial charge in [-0.1, -0.05) is 0 Å². The summed E-state index contributed by atoms with van der Waals surface area (Å²) in [5, 5.41) is 0. The van der Waals surface area contributed by atoms with Gasteiger partial charge in [-0.25, -0.2) is 0 Å². The second kappa shape index (κ2) is 2.99. The van der Waals surface area contributed by atoms with Crippen LogP contribution in [-0.4, -0.2) is 11.6 Å². The molecule has 0 heterocycles. The zero-order chi connectivity index (χ0) is 9.42. The summed E-state index contributed by atoms with van der Waals surface area (Å²) >= 11 is 0. The van der Waals surface area contributed by atoms with E-state index in [1.807, 2.05) is 0 Å². The molecule has 0 spiro atoms. The van der Waals surface area contributed by atoms with Gasteiger partial charge in [-0.05, 0) is 11.8 Å². The van der Waals surface area contributed by atoms with E-state index in [4.69, 9.17) is 6.42 Å². The highest BCUT2D eigenvalue weighted by Gasteiger charge is 2.46. The standard InChI is InChI=1S/C11H12O2/c1-2-3-9-10-6-8(12)4-7(10)5-11(9)13/h1,7,9-10H,3-6H2/t7-,9?,10-/m1/s1. The second-order valence-corrected chi connectivity index (χ2v) is 4.06. The fraction of sp³-hybridized carbons (Fsp3) is 0.636. The first-order valence-corrected chi connectivity index (χ1v) is 4.70. The van der Waals surface area contributed by atoms with Crippen molar-refractivity contribution < 1.29 is 9.59 Å². The lowest BCUT2D eigenvalue weighted by molar-refractivity contribution is -0.122. The lowest BCUT2D eigenvalue weighted by atomic mass is 9.89. The van der Waals surface area contributed by atoms with Gasteiger partial charge in [-0.15, -0.1) is 12.3 Å². The Morgan fingerprint density at radius 2 is 2.08 bits per heavy atom. The lowest BCUT2D eigenvalue weighted by Crippen LogP contribution is -2.14. The van der Waals surface area contributed by atoms with Crippen molar-refractivity contribution >= 4 is 11.6 Å². The van der Waals surface area contributed by atoms with E-state index in [0.717, 1.165) is 0 Å². The van der Waals surface area contributed by atoms with Crippen LogP contribution in [0.2, 0.25) is 0 Å². The Hall–Kier alpha value is -1.10. The van der Waals surface area contributed by atoms with Crippen LogP contribution in [0.25, 0.3) is 0 Å². The van der Waals surface area contributed by atoms with Crippen LogP contribution in [0.5, 0.6) is 0 Å². The van der Waals surface area contributed by atoms with Crippen LogP contribution < -0.4 is 0 Å². The van der Waals surface area contributed by atoms with E-state index in [1.54, 1.807) is 0 Å². The molecule has 2 aliphatic rings. The maximum Gasteiger partial charge on any atom is 0.137 e. The molecule has 2 heteroatoms. The van der Waals surface area contributed by atoms with Gasteiger partial charge in [-0.3, -0.25) is 9.59 Å². The van der Waals surface area contributed by atoms with Gasteiger partial charge in [-0.2, -0.15) is 0 Å². The molecule has 0 aromatic heterocycles. The first-order chi connectivity index (χ1) is 6.22. The Labute approximate surface area is 77.7 Å². The van der Waals surface area contributed by atoms with Crippen molar-refractivity contribution in [2.45, 2.75) is 25.7 Å². The van der Waals surface area contributed by atoms with Crippen LogP contribution in [0.4, 0.5) is 0 Å². The Morgan fingerprint density at radius 1 is 1.31 bits per heavy atom. The number of hydrogen-bond acceptors (Lipinski definition) is 2. The van der Waals surface area contributed by atoms with E-state index in [-0.39, 0.29) is 17.6 Å². The third-order valence-electron chi connectivity index (χ3n) is 3.29. The minimum absolute atomic E-state index is 0.0125. The van der Waals surface area contributed by atoms with Crippen molar-refractivity contribution in [3.63, 3.8) is 0 Å². The van der Waals surface area contributed by atoms with Crippen LogP contribution in [0.3, 0.4) is 0 Å². The molecule has 3 atom stereocenters. The Morgan fingerprint density at radius 3 is 2.77 bits per heavy atom. The van der Waals surface area contributed by atoms with E-state index < -0.39 is 0 Å². The van der Waals surface area contributed by atoms with Crippen molar-refractivity contribution in [3.05, 3.63) is 0 Å². The fourth-order valence-electron chi connectivity index (χ4n) is 2.69. The molecular formula is C11H12O2. The average Bonchev–Trinajstić information content (AvgIpc) is 2.52. The smallest absolute Gasteiger partial charge is 0.137 e. The van der Waals surface area contributed by atoms with Crippen LogP contribution in [0.1, 0.15) is 25.7 Å². The third-order valence-corrected chi connectivity index (χ3v) is 3.29. The molecule has 0 bridgehead atoms. The van der Waals surface area contributed by atoms with Crippen molar-refractivity contribution in [1.82, 2.24) is 0 Å². The molecule has 0 aromatic carbocycles. The highest BCUT2D eigenvalue weighted by atomic mass is 16.1. The summed E-state index contributed by atoms with van der Waals surface area (Å²) in [6, 6.07) is 0. The van der Waals surface area contributed by atoms with Gasteiger partial charge in [0.05, 0.1) is 0 Å². The normalized spacial score (nSPS) is 37.6. The highest BCUT2D eigenvalue weighted by Crippen LogP contribution is 2.45. The Balaban J connectivity index is 2.15. The number of fused-ring (bicyclic) bond motifs is 1. The summed E-state index contributed by atoms with van der Waals surface area (Å²) in [5.41, 5.74) is 0. The van der Waals surface area contributed by atoms with Gasteiger partial charge in [0.2, 0.25) is 0 Å². The highest BCUT2D eigenvalue weighted by molar-refractivity contribution is 5.90. The van der Waals surface area contributed by atoms with Gasteiger partial charge in [0.25, 0.3) is 0 Å². The summed E-state index contributed by atoms with van der Waals surface area (Å²) in [7, 11) is 0. The van der Waals surface area contributed by atoms with Crippen LogP contribution in [-0.2, 0) is 9.59 Å². The molecule has 68 valence electrons. The van der Waals surface area contributed by atoms with Gasteiger partial charge in [0.15, 0.2) is 0 Å². The molecule has 2 saturated carbocycles. The largest absolute Gasteiger partial charge is 0.300 e. The molecule has 13 heavy (non-hydrogen) atoms. The van der Waals surface area contributed by atoms with E-state index >= 15 is 0 Å². The van der Waals surface area contributed by atoms with Crippen LogP contribution >= 0.6 is 0 Å². The van der Waals surface area contributed by atoms with E-state index in [9.17, 15) is 9.59 Å². The molecule has 0 aliphatic heterocycles. The summed E-state index contributed by atoms with van der Waals surface area (Å²) in [5.74, 6) is 3.70. The number of carbonyl (C=O) groups is 2. The molecular weight excluding hydrogens is 164 g/mol. The number of rotatable bonds is 1. The minimum atomic E-state index is -0.0125. The number of ketones is 2. The summed E-state index contributed by atoms with van der Waals surface area (Å²) < 4.78 is 0. The quantitative estimate of drug-likeness (QED) is 0.562. The predicted octanol–water partition coefficient (Wildman–Crippen LogP) is 1.19. The number of Topliss-reactive ketones (excluding diaryl/α,β-unsaturated/α-hetero) is 2. The van der Waals surface area contributed by atoms with Gasteiger partial charge in [0.1, 0.15) is 11.6 Å². The van der Waals surface area contributed by atoms with Gasteiger partial charge >= 0.3 is 0 Å². The Bertz CT molecular complexity index is 298. The molecule has 2 fully saturated rings. The van der Waals surface area contributed by atoms with Crippen LogP contribution in [0, 0.1) is 30.1 Å². The molecule has 0 N–H and O–H groups in total. The van der Waals surface area contributed by atoms with Crippen molar-refractivity contribution in [3.8, 4) is 12.3 Å².